The second-order valence-corrected chi connectivity index (χ2v) is 14.1. The number of nitrogens with two attached hydrogens (primary N) is 1. The summed E-state index contributed by atoms with van der Waals surface area (Å²) in [6.45, 7) is 14.1. The molecule has 44 heavy (non-hydrogen) atoms. The molecule has 0 saturated carbocycles. The fourth-order valence-electron chi connectivity index (χ4n) is 5.13. The predicted molar refractivity (Wildman–Crippen MR) is 157 cm³/mol. The lowest BCUT2D eigenvalue weighted by Crippen LogP contribution is -2.63. The van der Waals surface area contributed by atoms with E-state index in [1.165, 1.54) is 9.80 Å². The Morgan fingerprint density at radius 2 is 1.39 bits per heavy atom. The Kier molecular flexibility index (Phi) is 12.8. The SMILES string of the molecule is CC(C)C1CCN(C(=O)[C@@H](NC(=O)N[C@H](C(=O)N(C)C)C(C)(C)C)C(C)(C)C)[C@@H]1C(=O)NC(CCC(F)(F)F)C(=O)C(N)=O. The van der Waals surface area contributed by atoms with Crippen LogP contribution in [0.1, 0.15) is 74.7 Å². The van der Waals surface area contributed by atoms with Gasteiger partial charge in [0.2, 0.25) is 23.5 Å². The topological polar surface area (TPSA) is 171 Å². The first-order valence-corrected chi connectivity index (χ1v) is 14.6. The third-order valence-electron chi connectivity index (χ3n) is 7.66. The molecule has 1 fully saturated rings. The Balaban J connectivity index is 3.38. The van der Waals surface area contributed by atoms with Gasteiger partial charge in [0.05, 0.1) is 6.04 Å². The summed E-state index contributed by atoms with van der Waals surface area (Å²) in [6, 6.07) is -5.94. The molecule has 2 unspecified atom stereocenters. The first-order valence-electron chi connectivity index (χ1n) is 14.6. The summed E-state index contributed by atoms with van der Waals surface area (Å²) in [4.78, 5) is 80.1. The van der Waals surface area contributed by atoms with Crippen LogP contribution in [0.25, 0.3) is 0 Å². The molecule has 0 aromatic heterocycles. The molecule has 1 rings (SSSR count). The number of primary amides is 1. The van der Waals surface area contributed by atoms with E-state index in [-0.39, 0.29) is 18.4 Å². The summed E-state index contributed by atoms with van der Waals surface area (Å²) in [5, 5.41) is 7.56. The molecule has 252 valence electrons. The summed E-state index contributed by atoms with van der Waals surface area (Å²) in [5.41, 5.74) is 3.47. The number of hydrogen-bond acceptors (Lipinski definition) is 6. The average Bonchev–Trinajstić information content (AvgIpc) is 3.30. The van der Waals surface area contributed by atoms with Gasteiger partial charge in [-0.2, -0.15) is 13.2 Å². The van der Waals surface area contributed by atoms with Crippen LogP contribution in [0.4, 0.5) is 18.0 Å². The van der Waals surface area contributed by atoms with E-state index in [9.17, 15) is 41.9 Å². The molecule has 12 nitrogen and oxygen atoms in total. The smallest absolute Gasteiger partial charge is 0.363 e. The number of hydrogen-bond donors (Lipinski definition) is 4. The van der Waals surface area contributed by atoms with Gasteiger partial charge in [-0.15, -0.1) is 0 Å². The van der Waals surface area contributed by atoms with E-state index >= 15 is 0 Å². The van der Waals surface area contributed by atoms with Crippen molar-refractivity contribution in [1.29, 1.82) is 0 Å². The molecule has 5 atom stereocenters. The van der Waals surface area contributed by atoms with E-state index in [0.29, 0.717) is 6.42 Å². The number of likely N-dealkylation sites (N-methyl/N-ethyl adjacent to an activating group) is 1. The zero-order valence-electron chi connectivity index (χ0n) is 27.3. The molecule has 1 saturated heterocycles. The Morgan fingerprint density at radius 3 is 1.80 bits per heavy atom. The minimum Gasteiger partial charge on any atom is -0.363 e. The monoisotopic (exact) mass is 634 g/mol. The van der Waals surface area contributed by atoms with Crippen LogP contribution in [-0.2, 0) is 24.0 Å². The molecule has 15 heteroatoms. The highest BCUT2D eigenvalue weighted by atomic mass is 19.4. The number of carbonyl (C=O) groups excluding carboxylic acids is 6. The number of urea groups is 1. The van der Waals surface area contributed by atoms with Crippen LogP contribution in [-0.4, -0.2) is 96.2 Å². The van der Waals surface area contributed by atoms with Gasteiger partial charge in [-0.3, -0.25) is 24.0 Å². The summed E-state index contributed by atoms with van der Waals surface area (Å²) in [5.74, 6) is -5.37. The second kappa shape index (κ2) is 14.6. The van der Waals surface area contributed by atoms with E-state index in [4.69, 9.17) is 5.73 Å². The van der Waals surface area contributed by atoms with Crippen LogP contribution in [0, 0.1) is 22.7 Å². The van der Waals surface area contributed by atoms with Crippen molar-refractivity contribution in [1.82, 2.24) is 25.8 Å². The van der Waals surface area contributed by atoms with E-state index in [2.05, 4.69) is 16.0 Å². The second-order valence-electron chi connectivity index (χ2n) is 14.1. The van der Waals surface area contributed by atoms with Crippen molar-refractivity contribution in [2.75, 3.05) is 20.6 Å². The third-order valence-corrected chi connectivity index (χ3v) is 7.66. The quantitative estimate of drug-likeness (QED) is 0.253. The number of Topliss-reactive ketones (excluding diaryl/α,β-unsaturated/α-hetero) is 1. The van der Waals surface area contributed by atoms with Gasteiger partial charge in [0, 0.05) is 27.1 Å². The van der Waals surface area contributed by atoms with Crippen molar-refractivity contribution in [2.24, 2.45) is 28.4 Å². The molecule has 1 aliphatic rings. The molecule has 1 aliphatic heterocycles. The Hall–Kier alpha value is -3.39. The van der Waals surface area contributed by atoms with Crippen LogP contribution < -0.4 is 21.7 Å². The Bertz CT molecular complexity index is 1100. The fraction of sp³-hybridized carbons (Fsp3) is 0.793. The molecular weight excluding hydrogens is 585 g/mol. The van der Waals surface area contributed by atoms with Gasteiger partial charge in [-0.25, -0.2) is 4.79 Å². The van der Waals surface area contributed by atoms with E-state index in [1.807, 2.05) is 13.8 Å². The largest absolute Gasteiger partial charge is 0.389 e. The number of ketones is 1. The van der Waals surface area contributed by atoms with Gasteiger partial charge in [-0.05, 0) is 35.5 Å². The number of alkyl halides is 3. The van der Waals surface area contributed by atoms with Crippen molar-refractivity contribution in [2.45, 2.75) is 105 Å². The zero-order valence-corrected chi connectivity index (χ0v) is 27.3. The van der Waals surface area contributed by atoms with E-state index < -0.39 is 89.5 Å². The minimum absolute atomic E-state index is 0.0936. The lowest BCUT2D eigenvalue weighted by molar-refractivity contribution is -0.147. The zero-order chi connectivity index (χ0) is 34.5. The maximum atomic E-state index is 14.1. The van der Waals surface area contributed by atoms with Crippen LogP contribution in [0.3, 0.4) is 0 Å². The molecule has 0 aromatic rings. The molecule has 5 N–H and O–H groups in total. The molecule has 0 spiro atoms. The van der Waals surface area contributed by atoms with E-state index in [0.717, 1.165) is 0 Å². The maximum absolute atomic E-state index is 14.1. The highest BCUT2D eigenvalue weighted by Gasteiger charge is 2.48. The van der Waals surface area contributed by atoms with Gasteiger partial charge >= 0.3 is 12.2 Å². The van der Waals surface area contributed by atoms with Crippen LogP contribution in [0.2, 0.25) is 0 Å². The third kappa shape index (κ3) is 10.7. The van der Waals surface area contributed by atoms with Gasteiger partial charge in [0.25, 0.3) is 5.91 Å². The number of rotatable bonds is 11. The number of amides is 6. The molecule has 0 aromatic carbocycles. The average molecular weight is 635 g/mol. The molecule has 0 aliphatic carbocycles. The highest BCUT2D eigenvalue weighted by molar-refractivity contribution is 6.37. The standard InChI is InChI=1S/C29H49F3N6O6/c1-15(2)16-12-14-38(18(16)23(41)34-17(19(39)22(33)40)11-13-29(30,31)32)25(43)21(28(6,7)8)36-26(44)35-20(27(3,4)5)24(42)37(9)10/h15-18,20-21H,11-14H2,1-10H3,(H2,33,40)(H,34,41)(H2,35,36,44)/t16?,17?,18-,20+,21+/m0/s1. The van der Waals surface area contributed by atoms with Crippen LogP contribution in [0.15, 0.2) is 0 Å². The van der Waals surface area contributed by atoms with E-state index in [1.54, 1.807) is 55.6 Å². The van der Waals surface area contributed by atoms with Crippen molar-refractivity contribution in [3.05, 3.63) is 0 Å². The van der Waals surface area contributed by atoms with Gasteiger partial charge in [0.1, 0.15) is 18.1 Å². The lowest BCUT2D eigenvalue weighted by atomic mass is 9.84. The van der Waals surface area contributed by atoms with Crippen LogP contribution in [0.5, 0.6) is 0 Å². The van der Waals surface area contributed by atoms with Gasteiger partial charge < -0.3 is 31.5 Å². The van der Waals surface area contributed by atoms with Crippen LogP contribution >= 0.6 is 0 Å². The number of carbonyl (C=O) groups is 6. The Morgan fingerprint density at radius 1 is 0.886 bits per heavy atom. The van der Waals surface area contributed by atoms with Crippen molar-refractivity contribution in [3.8, 4) is 0 Å². The van der Waals surface area contributed by atoms with Crippen molar-refractivity contribution >= 4 is 35.4 Å². The van der Waals surface area contributed by atoms with Gasteiger partial charge in [0.15, 0.2) is 0 Å². The molecular formula is C29H49F3N6O6. The summed E-state index contributed by atoms with van der Waals surface area (Å²) in [7, 11) is 3.10. The first-order chi connectivity index (χ1) is 19.8. The normalized spacial score (nSPS) is 19.5. The summed E-state index contributed by atoms with van der Waals surface area (Å²) >= 11 is 0. The molecule has 0 bridgehead atoms. The number of likely N-dealkylation sites (tertiary alicyclic amines) is 1. The van der Waals surface area contributed by atoms with Crippen molar-refractivity contribution in [3.63, 3.8) is 0 Å². The molecule has 6 amide bonds. The first kappa shape index (κ1) is 38.6. The fourth-order valence-corrected chi connectivity index (χ4v) is 5.13. The molecule has 0 radical (unpaired) electrons. The Labute approximate surface area is 257 Å². The summed E-state index contributed by atoms with van der Waals surface area (Å²) in [6.07, 6.45) is -6.65. The number of halogens is 3. The van der Waals surface area contributed by atoms with Gasteiger partial charge in [-0.1, -0.05) is 55.4 Å². The molecule has 1 heterocycles. The van der Waals surface area contributed by atoms with Crippen molar-refractivity contribution < 1.29 is 41.9 Å². The maximum Gasteiger partial charge on any atom is 0.389 e. The minimum atomic E-state index is -4.66. The lowest BCUT2D eigenvalue weighted by Gasteiger charge is -2.38. The highest BCUT2D eigenvalue weighted by Crippen LogP contribution is 2.34. The number of nitrogens with zero attached hydrogens (tertiary/aromatic N) is 2. The summed E-state index contributed by atoms with van der Waals surface area (Å²) < 4.78 is 38.8. The predicted octanol–water partition coefficient (Wildman–Crippen LogP) is 1.96. The number of nitrogens with one attached hydrogen (secondary N) is 3.